The second kappa shape index (κ2) is 7.03. The molecule has 2 heterocycles. The van der Waals surface area contributed by atoms with Gasteiger partial charge in [0.1, 0.15) is 5.82 Å². The number of benzene rings is 1. The predicted molar refractivity (Wildman–Crippen MR) is 87.6 cm³/mol. The number of carbonyl (C=O) groups is 1. The maximum absolute atomic E-state index is 12.4. The molecule has 1 aromatic heterocycles. The van der Waals surface area contributed by atoms with E-state index in [0.717, 1.165) is 11.4 Å². The van der Waals surface area contributed by atoms with Crippen LogP contribution in [0.5, 0.6) is 0 Å². The molecule has 0 saturated carbocycles. The molecule has 0 N–H and O–H groups in total. The number of nitrogens with zero attached hydrogens (tertiary/aromatic N) is 5. The van der Waals surface area contributed by atoms with Gasteiger partial charge < -0.3 is 9.80 Å². The molecule has 0 atom stereocenters. The van der Waals surface area contributed by atoms with Gasteiger partial charge in [0.05, 0.1) is 17.5 Å². The highest BCUT2D eigenvalue weighted by Gasteiger charge is 2.22. The fourth-order valence-corrected chi connectivity index (χ4v) is 2.66. The van der Waals surface area contributed by atoms with Gasteiger partial charge in [-0.05, 0) is 5.56 Å². The number of anilines is 1. The van der Waals surface area contributed by atoms with Crippen LogP contribution in [0.3, 0.4) is 0 Å². The van der Waals surface area contributed by atoms with Gasteiger partial charge in [0.2, 0.25) is 5.91 Å². The fraction of sp³-hybridized carbons (Fsp3) is 0.312. The zero-order valence-electron chi connectivity index (χ0n) is 13.0. The van der Waals surface area contributed by atoms with E-state index in [-0.39, 0.29) is 18.0 Å². The van der Waals surface area contributed by atoms with E-state index in [1.807, 2.05) is 4.90 Å². The van der Waals surface area contributed by atoms with Crippen molar-refractivity contribution in [2.24, 2.45) is 0 Å². The summed E-state index contributed by atoms with van der Waals surface area (Å²) in [6.45, 7) is 2.68. The monoisotopic (exact) mass is 327 g/mol. The second-order valence-electron chi connectivity index (χ2n) is 5.53. The lowest BCUT2D eigenvalue weighted by Crippen LogP contribution is -2.49. The summed E-state index contributed by atoms with van der Waals surface area (Å²) in [6.07, 6.45) is 5.26. The van der Waals surface area contributed by atoms with Crippen LogP contribution in [0, 0.1) is 10.1 Å². The topological polar surface area (TPSA) is 92.5 Å². The minimum absolute atomic E-state index is 0.0302. The molecule has 1 aliphatic heterocycles. The highest BCUT2D eigenvalue weighted by Crippen LogP contribution is 2.15. The Morgan fingerprint density at radius 1 is 1.12 bits per heavy atom. The molecule has 8 nitrogen and oxygen atoms in total. The van der Waals surface area contributed by atoms with E-state index in [2.05, 4.69) is 14.9 Å². The highest BCUT2D eigenvalue weighted by molar-refractivity contribution is 5.79. The summed E-state index contributed by atoms with van der Waals surface area (Å²) < 4.78 is 0. The van der Waals surface area contributed by atoms with Gasteiger partial charge in [-0.25, -0.2) is 4.98 Å². The van der Waals surface area contributed by atoms with Gasteiger partial charge in [0.25, 0.3) is 5.69 Å². The van der Waals surface area contributed by atoms with Crippen molar-refractivity contribution < 1.29 is 9.72 Å². The first-order valence-electron chi connectivity index (χ1n) is 7.65. The first-order chi connectivity index (χ1) is 11.6. The van der Waals surface area contributed by atoms with E-state index in [1.165, 1.54) is 12.1 Å². The SMILES string of the molecule is O=C(Cc1ccc([N+](=O)[O-])cc1)N1CCN(c2cnccn2)CC1. The predicted octanol–water partition coefficient (Wildman–Crippen LogP) is 1.28. The molecule has 0 radical (unpaired) electrons. The van der Waals surface area contributed by atoms with E-state index in [4.69, 9.17) is 0 Å². The number of piperazine rings is 1. The molecular formula is C16H17N5O3. The summed E-state index contributed by atoms with van der Waals surface area (Å²) in [5.41, 5.74) is 0.811. The van der Waals surface area contributed by atoms with Gasteiger partial charge in [0, 0.05) is 50.7 Å². The number of hydrogen-bond donors (Lipinski definition) is 0. The molecule has 2 aromatic rings. The molecule has 0 bridgehead atoms. The second-order valence-corrected chi connectivity index (χ2v) is 5.53. The van der Waals surface area contributed by atoms with Crippen LogP contribution < -0.4 is 4.90 Å². The summed E-state index contributed by atoms with van der Waals surface area (Å²) in [5.74, 6) is 0.850. The fourth-order valence-electron chi connectivity index (χ4n) is 2.66. The summed E-state index contributed by atoms with van der Waals surface area (Å²) in [6, 6.07) is 6.11. The number of aromatic nitrogens is 2. The van der Waals surface area contributed by atoms with Crippen molar-refractivity contribution in [3.8, 4) is 0 Å². The Bertz CT molecular complexity index is 712. The van der Waals surface area contributed by atoms with Crippen molar-refractivity contribution in [1.82, 2.24) is 14.9 Å². The Balaban J connectivity index is 1.54. The summed E-state index contributed by atoms with van der Waals surface area (Å²) in [5, 5.41) is 10.6. The van der Waals surface area contributed by atoms with E-state index in [0.29, 0.717) is 26.2 Å². The quantitative estimate of drug-likeness (QED) is 0.620. The summed E-state index contributed by atoms with van der Waals surface area (Å²) in [7, 11) is 0. The molecular weight excluding hydrogens is 310 g/mol. The van der Waals surface area contributed by atoms with Crippen molar-refractivity contribution in [3.63, 3.8) is 0 Å². The third kappa shape index (κ3) is 3.65. The van der Waals surface area contributed by atoms with Gasteiger partial charge in [-0.2, -0.15) is 0 Å². The maximum atomic E-state index is 12.4. The lowest BCUT2D eigenvalue weighted by molar-refractivity contribution is -0.384. The van der Waals surface area contributed by atoms with E-state index in [9.17, 15) is 14.9 Å². The third-order valence-electron chi connectivity index (χ3n) is 4.01. The lowest BCUT2D eigenvalue weighted by atomic mass is 10.1. The zero-order chi connectivity index (χ0) is 16.9. The van der Waals surface area contributed by atoms with Gasteiger partial charge in [0.15, 0.2) is 0 Å². The Labute approximate surface area is 138 Å². The average molecular weight is 327 g/mol. The van der Waals surface area contributed by atoms with Gasteiger partial charge in [-0.3, -0.25) is 19.9 Å². The van der Waals surface area contributed by atoms with E-state index in [1.54, 1.807) is 30.7 Å². The Kier molecular flexibility index (Phi) is 4.64. The first kappa shape index (κ1) is 15.9. The van der Waals surface area contributed by atoms with Gasteiger partial charge >= 0.3 is 0 Å². The Morgan fingerprint density at radius 3 is 2.42 bits per heavy atom. The van der Waals surface area contributed by atoms with Crippen LogP contribution >= 0.6 is 0 Å². The number of nitro benzene ring substituents is 1. The number of carbonyl (C=O) groups excluding carboxylic acids is 1. The zero-order valence-corrected chi connectivity index (χ0v) is 13.0. The van der Waals surface area contributed by atoms with Crippen molar-refractivity contribution in [2.45, 2.75) is 6.42 Å². The normalized spacial score (nSPS) is 14.5. The van der Waals surface area contributed by atoms with E-state index < -0.39 is 4.92 Å². The Morgan fingerprint density at radius 2 is 1.83 bits per heavy atom. The van der Waals surface area contributed by atoms with Crippen molar-refractivity contribution in [3.05, 3.63) is 58.5 Å². The van der Waals surface area contributed by atoms with Crippen LogP contribution in [-0.4, -0.2) is 51.9 Å². The number of non-ortho nitro benzene ring substituents is 1. The summed E-state index contributed by atoms with van der Waals surface area (Å²) in [4.78, 5) is 34.8. The number of amides is 1. The van der Waals surface area contributed by atoms with Crippen molar-refractivity contribution in [1.29, 1.82) is 0 Å². The molecule has 24 heavy (non-hydrogen) atoms. The molecule has 1 fully saturated rings. The molecule has 0 unspecified atom stereocenters. The maximum Gasteiger partial charge on any atom is 0.269 e. The summed E-state index contributed by atoms with van der Waals surface area (Å²) >= 11 is 0. The highest BCUT2D eigenvalue weighted by atomic mass is 16.6. The number of hydrogen-bond acceptors (Lipinski definition) is 6. The number of nitro groups is 1. The smallest absolute Gasteiger partial charge is 0.269 e. The third-order valence-corrected chi connectivity index (χ3v) is 4.01. The molecule has 1 amide bonds. The molecule has 1 aromatic carbocycles. The van der Waals surface area contributed by atoms with Crippen LogP contribution in [0.1, 0.15) is 5.56 Å². The molecule has 124 valence electrons. The van der Waals surface area contributed by atoms with E-state index >= 15 is 0 Å². The number of rotatable bonds is 4. The minimum atomic E-state index is -0.447. The van der Waals surface area contributed by atoms with Crippen LogP contribution in [0.15, 0.2) is 42.9 Å². The standard InChI is InChI=1S/C16H17N5O3/c22-16(11-13-1-3-14(4-2-13)21(23)24)20-9-7-19(8-10-20)15-12-17-5-6-18-15/h1-6,12H,7-11H2. The average Bonchev–Trinajstić information content (AvgIpc) is 2.63. The van der Waals surface area contributed by atoms with Gasteiger partial charge in [-0.1, -0.05) is 12.1 Å². The largest absolute Gasteiger partial charge is 0.352 e. The van der Waals surface area contributed by atoms with Crippen LogP contribution in [-0.2, 0) is 11.2 Å². The minimum Gasteiger partial charge on any atom is -0.352 e. The van der Waals surface area contributed by atoms with Crippen molar-refractivity contribution in [2.75, 3.05) is 31.1 Å². The lowest BCUT2D eigenvalue weighted by Gasteiger charge is -2.35. The van der Waals surface area contributed by atoms with Crippen LogP contribution in [0.2, 0.25) is 0 Å². The molecule has 8 heteroatoms. The molecule has 3 rings (SSSR count). The molecule has 0 aliphatic carbocycles. The van der Waals surface area contributed by atoms with Crippen molar-refractivity contribution >= 4 is 17.4 Å². The van der Waals surface area contributed by atoms with Crippen LogP contribution in [0.4, 0.5) is 11.5 Å². The van der Waals surface area contributed by atoms with Crippen LogP contribution in [0.25, 0.3) is 0 Å². The molecule has 1 aliphatic rings. The Hall–Kier alpha value is -3.03. The van der Waals surface area contributed by atoms with Gasteiger partial charge in [-0.15, -0.1) is 0 Å². The molecule has 0 spiro atoms. The first-order valence-corrected chi connectivity index (χ1v) is 7.65. The molecule has 1 saturated heterocycles.